The van der Waals surface area contributed by atoms with Gasteiger partial charge in [-0.25, -0.2) is 0 Å². The highest BCUT2D eigenvalue weighted by Gasteiger charge is 2.20. The number of benzene rings is 1. The van der Waals surface area contributed by atoms with Gasteiger partial charge in [0.15, 0.2) is 16.6 Å². The third-order valence-corrected chi connectivity index (χ3v) is 5.22. The molecule has 2 heterocycles. The van der Waals surface area contributed by atoms with E-state index in [4.69, 9.17) is 21.7 Å². The maximum absolute atomic E-state index is 5.39. The SMILES string of the molecule is C[C@H]1CCCC[NH+]1CCCNC(=S)NCc1ccc2c(c1)OCO2. The molecule has 24 heavy (non-hydrogen) atoms. The van der Waals surface area contributed by atoms with E-state index in [0.717, 1.165) is 36.1 Å². The first-order valence-corrected chi connectivity index (χ1v) is 9.38. The van der Waals surface area contributed by atoms with E-state index in [1.807, 2.05) is 18.2 Å². The van der Waals surface area contributed by atoms with Gasteiger partial charge in [-0.05, 0) is 56.1 Å². The van der Waals surface area contributed by atoms with E-state index in [1.54, 1.807) is 4.90 Å². The lowest BCUT2D eigenvalue weighted by molar-refractivity contribution is -0.928. The van der Waals surface area contributed by atoms with Crippen LogP contribution in [-0.4, -0.2) is 37.6 Å². The molecule has 1 aromatic carbocycles. The molecule has 1 aromatic rings. The molecule has 2 aliphatic heterocycles. The highest BCUT2D eigenvalue weighted by molar-refractivity contribution is 7.80. The fraction of sp³-hybridized carbons (Fsp3) is 0.611. The maximum atomic E-state index is 5.39. The minimum absolute atomic E-state index is 0.309. The molecule has 0 aromatic heterocycles. The molecule has 0 aliphatic carbocycles. The summed E-state index contributed by atoms with van der Waals surface area (Å²) >= 11 is 5.36. The fourth-order valence-electron chi connectivity index (χ4n) is 3.44. The molecule has 0 saturated carbocycles. The van der Waals surface area contributed by atoms with E-state index in [2.05, 4.69) is 17.6 Å². The van der Waals surface area contributed by atoms with Crippen LogP contribution in [-0.2, 0) is 6.54 Å². The Bertz CT molecular complexity index is 567. The number of likely N-dealkylation sites (tertiary alicyclic amines) is 1. The molecular formula is C18H28N3O2S+. The molecule has 2 atom stereocenters. The summed E-state index contributed by atoms with van der Waals surface area (Å²) in [6, 6.07) is 6.79. The van der Waals surface area contributed by atoms with E-state index < -0.39 is 0 Å². The zero-order valence-electron chi connectivity index (χ0n) is 14.4. The number of ether oxygens (including phenoxy) is 2. The van der Waals surface area contributed by atoms with E-state index in [0.29, 0.717) is 18.5 Å². The molecule has 3 rings (SSSR count). The predicted octanol–water partition coefficient (Wildman–Crippen LogP) is 1.23. The molecule has 0 amide bonds. The molecule has 1 fully saturated rings. The third kappa shape index (κ3) is 4.74. The van der Waals surface area contributed by atoms with Crippen LogP contribution in [0.4, 0.5) is 0 Å². The number of nitrogens with one attached hydrogen (secondary N) is 3. The molecular weight excluding hydrogens is 322 g/mol. The van der Waals surface area contributed by atoms with Gasteiger partial charge in [0.05, 0.1) is 19.1 Å². The number of thiocarbonyl (C=S) groups is 1. The maximum Gasteiger partial charge on any atom is 0.231 e. The number of piperidine rings is 1. The van der Waals surface area contributed by atoms with Crippen molar-refractivity contribution < 1.29 is 14.4 Å². The Kier molecular flexibility index (Phi) is 6.15. The van der Waals surface area contributed by atoms with Crippen molar-refractivity contribution in [2.75, 3.05) is 26.4 Å². The van der Waals surface area contributed by atoms with Crippen molar-refractivity contribution in [2.45, 2.75) is 45.2 Å². The fourth-order valence-corrected chi connectivity index (χ4v) is 3.61. The van der Waals surface area contributed by atoms with Gasteiger partial charge < -0.3 is 25.0 Å². The first-order valence-electron chi connectivity index (χ1n) is 8.97. The van der Waals surface area contributed by atoms with Crippen molar-refractivity contribution >= 4 is 17.3 Å². The van der Waals surface area contributed by atoms with Crippen LogP contribution in [0.5, 0.6) is 11.5 Å². The van der Waals surface area contributed by atoms with Gasteiger partial charge >= 0.3 is 0 Å². The second-order valence-corrected chi connectivity index (χ2v) is 7.11. The van der Waals surface area contributed by atoms with Gasteiger partial charge in [-0.15, -0.1) is 0 Å². The van der Waals surface area contributed by atoms with Crippen LogP contribution in [0.2, 0.25) is 0 Å². The Labute approximate surface area is 149 Å². The summed E-state index contributed by atoms with van der Waals surface area (Å²) < 4.78 is 10.7. The van der Waals surface area contributed by atoms with Crippen molar-refractivity contribution in [2.24, 2.45) is 0 Å². The van der Waals surface area contributed by atoms with Gasteiger partial charge in [0.25, 0.3) is 0 Å². The van der Waals surface area contributed by atoms with Gasteiger partial charge in [0.1, 0.15) is 0 Å². The molecule has 5 nitrogen and oxygen atoms in total. The standard InChI is InChI=1S/C18H27N3O2S/c1-14-5-2-3-9-21(14)10-4-8-19-18(24)20-12-15-6-7-16-17(11-15)23-13-22-16/h6-7,11,14H,2-5,8-10,12-13H2,1H3,(H2,19,20,24)/p+1/t14-/m0/s1. The van der Waals surface area contributed by atoms with Crippen molar-refractivity contribution in [3.63, 3.8) is 0 Å². The minimum Gasteiger partial charge on any atom is -0.454 e. The van der Waals surface area contributed by atoms with Crippen LogP contribution in [0.25, 0.3) is 0 Å². The Balaban J connectivity index is 1.31. The zero-order chi connectivity index (χ0) is 16.8. The quantitative estimate of drug-likeness (QED) is 0.532. The summed E-state index contributed by atoms with van der Waals surface area (Å²) in [7, 11) is 0. The topological polar surface area (TPSA) is 47.0 Å². The van der Waals surface area contributed by atoms with Crippen molar-refractivity contribution in [3.05, 3.63) is 23.8 Å². The van der Waals surface area contributed by atoms with Crippen LogP contribution in [0.1, 0.15) is 38.2 Å². The zero-order valence-corrected chi connectivity index (χ0v) is 15.2. The van der Waals surface area contributed by atoms with Gasteiger partial charge in [0.2, 0.25) is 6.79 Å². The summed E-state index contributed by atoms with van der Waals surface area (Å²) in [6.45, 7) is 6.87. The second-order valence-electron chi connectivity index (χ2n) is 6.71. The number of hydrogen-bond donors (Lipinski definition) is 3. The Morgan fingerprint density at radius 2 is 2.12 bits per heavy atom. The Morgan fingerprint density at radius 1 is 1.25 bits per heavy atom. The normalized spacial score (nSPS) is 22.2. The Morgan fingerprint density at radius 3 is 3.00 bits per heavy atom. The van der Waals surface area contributed by atoms with E-state index in [9.17, 15) is 0 Å². The van der Waals surface area contributed by atoms with Crippen LogP contribution in [0.15, 0.2) is 18.2 Å². The largest absolute Gasteiger partial charge is 0.454 e. The van der Waals surface area contributed by atoms with Crippen molar-refractivity contribution in [3.8, 4) is 11.5 Å². The summed E-state index contributed by atoms with van der Waals surface area (Å²) in [5.74, 6) is 1.63. The molecule has 1 unspecified atom stereocenters. The van der Waals surface area contributed by atoms with Crippen LogP contribution in [0.3, 0.4) is 0 Å². The number of hydrogen-bond acceptors (Lipinski definition) is 3. The molecule has 1 saturated heterocycles. The smallest absolute Gasteiger partial charge is 0.231 e. The highest BCUT2D eigenvalue weighted by atomic mass is 32.1. The summed E-state index contributed by atoms with van der Waals surface area (Å²) in [4.78, 5) is 1.75. The molecule has 2 aliphatic rings. The van der Waals surface area contributed by atoms with E-state index >= 15 is 0 Å². The van der Waals surface area contributed by atoms with Crippen LogP contribution < -0.4 is 25.0 Å². The lowest BCUT2D eigenvalue weighted by Crippen LogP contribution is -3.16. The first kappa shape index (κ1) is 17.3. The molecule has 132 valence electrons. The van der Waals surface area contributed by atoms with Crippen molar-refractivity contribution in [1.82, 2.24) is 10.6 Å². The molecule has 6 heteroatoms. The lowest BCUT2D eigenvalue weighted by atomic mass is 10.0. The first-order chi connectivity index (χ1) is 11.7. The average molecular weight is 351 g/mol. The van der Waals surface area contributed by atoms with Crippen LogP contribution in [0, 0.1) is 0 Å². The second kappa shape index (κ2) is 8.53. The average Bonchev–Trinajstić information content (AvgIpc) is 3.06. The molecule has 0 radical (unpaired) electrons. The highest BCUT2D eigenvalue weighted by Crippen LogP contribution is 2.32. The minimum atomic E-state index is 0.309. The van der Waals surface area contributed by atoms with Gasteiger partial charge in [-0.2, -0.15) is 0 Å². The summed E-state index contributed by atoms with van der Waals surface area (Å²) in [5, 5.41) is 7.28. The third-order valence-electron chi connectivity index (χ3n) is 4.93. The summed E-state index contributed by atoms with van der Waals surface area (Å²) in [6.07, 6.45) is 5.31. The monoisotopic (exact) mass is 350 g/mol. The molecule has 3 N–H and O–H groups in total. The van der Waals surface area contributed by atoms with E-state index in [1.165, 1.54) is 32.4 Å². The number of quaternary nitrogens is 1. The number of rotatable bonds is 6. The number of fused-ring (bicyclic) bond motifs is 1. The van der Waals surface area contributed by atoms with Gasteiger partial charge in [0, 0.05) is 19.5 Å². The molecule has 0 spiro atoms. The predicted molar refractivity (Wildman–Crippen MR) is 98.6 cm³/mol. The van der Waals surface area contributed by atoms with Gasteiger partial charge in [-0.3, -0.25) is 0 Å². The van der Waals surface area contributed by atoms with Crippen LogP contribution >= 0.6 is 12.2 Å². The Hall–Kier alpha value is -1.53. The van der Waals surface area contributed by atoms with Gasteiger partial charge in [-0.1, -0.05) is 6.07 Å². The summed E-state index contributed by atoms with van der Waals surface area (Å²) in [5.41, 5.74) is 1.13. The van der Waals surface area contributed by atoms with E-state index in [-0.39, 0.29) is 0 Å². The van der Waals surface area contributed by atoms with Crippen molar-refractivity contribution in [1.29, 1.82) is 0 Å². The lowest BCUT2D eigenvalue weighted by Gasteiger charge is -2.30. The molecule has 0 bridgehead atoms.